The van der Waals surface area contributed by atoms with Crippen LogP contribution in [0.25, 0.3) is 11.0 Å². The van der Waals surface area contributed by atoms with E-state index >= 15 is 0 Å². The number of rotatable bonds is 3. The summed E-state index contributed by atoms with van der Waals surface area (Å²) in [6.45, 7) is 0.479. The maximum atomic E-state index is 12.8. The Morgan fingerprint density at radius 2 is 2.00 bits per heavy atom. The third-order valence-corrected chi connectivity index (χ3v) is 5.84. The van der Waals surface area contributed by atoms with Crippen LogP contribution >= 0.6 is 11.7 Å². The van der Waals surface area contributed by atoms with Gasteiger partial charge in [0.05, 0.1) is 24.4 Å². The molecule has 1 atom stereocenters. The molecule has 0 spiro atoms. The van der Waals surface area contributed by atoms with E-state index in [0.717, 1.165) is 23.0 Å². The molecule has 0 amide bonds. The molecule has 1 N–H and O–H groups in total. The van der Waals surface area contributed by atoms with Crippen LogP contribution in [0.2, 0.25) is 0 Å². The number of nitrogens with zero attached hydrogens (tertiary/aromatic N) is 2. The molecular weight excluding hydrogens is 334 g/mol. The predicted octanol–water partition coefficient (Wildman–Crippen LogP) is 2.49. The summed E-state index contributed by atoms with van der Waals surface area (Å²) < 4.78 is 42.2. The van der Waals surface area contributed by atoms with Crippen LogP contribution in [0.5, 0.6) is 5.75 Å². The fourth-order valence-electron chi connectivity index (χ4n) is 2.71. The SMILES string of the molecule is O=S(=O)(N[C@H]1CCOc2ccccc21)c1cccc2nsnc12. The van der Waals surface area contributed by atoms with Crippen molar-refractivity contribution >= 4 is 32.8 Å². The lowest BCUT2D eigenvalue weighted by Gasteiger charge is -2.26. The standard InChI is InChI=1S/C15H13N3O3S2/c19-23(20,14-7-3-5-12-15(14)17-22-16-12)18-11-8-9-21-13-6-2-1-4-10(11)13/h1-7,11,18H,8-9H2/t11-/m0/s1. The van der Waals surface area contributed by atoms with Crippen LogP contribution in [0.3, 0.4) is 0 Å². The maximum absolute atomic E-state index is 12.8. The van der Waals surface area contributed by atoms with Gasteiger partial charge < -0.3 is 4.74 Å². The van der Waals surface area contributed by atoms with Gasteiger partial charge in [0.2, 0.25) is 10.0 Å². The molecule has 6 nitrogen and oxygen atoms in total. The Balaban J connectivity index is 1.73. The van der Waals surface area contributed by atoms with Crippen molar-refractivity contribution in [2.75, 3.05) is 6.61 Å². The molecule has 4 rings (SSSR count). The van der Waals surface area contributed by atoms with Crippen molar-refractivity contribution < 1.29 is 13.2 Å². The fourth-order valence-corrected chi connectivity index (χ4v) is 4.73. The summed E-state index contributed by atoms with van der Waals surface area (Å²) in [5.74, 6) is 0.722. The van der Waals surface area contributed by atoms with Gasteiger partial charge in [-0.25, -0.2) is 13.1 Å². The summed E-state index contributed by atoms with van der Waals surface area (Å²) in [6.07, 6.45) is 0.585. The van der Waals surface area contributed by atoms with Crippen LogP contribution in [-0.4, -0.2) is 23.8 Å². The van der Waals surface area contributed by atoms with E-state index < -0.39 is 10.0 Å². The molecule has 2 aromatic carbocycles. The van der Waals surface area contributed by atoms with Crippen LogP contribution in [0.4, 0.5) is 0 Å². The normalized spacial score (nSPS) is 17.7. The van der Waals surface area contributed by atoms with Gasteiger partial charge in [0.25, 0.3) is 0 Å². The average molecular weight is 347 g/mol. The molecule has 1 aliphatic rings. The summed E-state index contributed by atoms with van der Waals surface area (Å²) >= 11 is 1.01. The Morgan fingerprint density at radius 3 is 2.91 bits per heavy atom. The molecule has 0 saturated heterocycles. The van der Waals surface area contributed by atoms with E-state index in [1.54, 1.807) is 18.2 Å². The Bertz CT molecular complexity index is 969. The van der Waals surface area contributed by atoms with E-state index in [4.69, 9.17) is 4.74 Å². The minimum absolute atomic E-state index is 0.160. The quantitative estimate of drug-likeness (QED) is 0.787. The van der Waals surface area contributed by atoms with E-state index in [1.165, 1.54) is 0 Å². The molecule has 0 fully saturated rings. The maximum Gasteiger partial charge on any atom is 0.243 e. The smallest absolute Gasteiger partial charge is 0.243 e. The number of nitrogens with one attached hydrogen (secondary N) is 1. The third kappa shape index (κ3) is 2.58. The van der Waals surface area contributed by atoms with E-state index in [1.807, 2.05) is 24.3 Å². The Morgan fingerprint density at radius 1 is 1.13 bits per heavy atom. The average Bonchev–Trinajstić information content (AvgIpc) is 3.03. The van der Waals surface area contributed by atoms with E-state index in [9.17, 15) is 8.42 Å². The monoisotopic (exact) mass is 347 g/mol. The van der Waals surface area contributed by atoms with Crippen LogP contribution in [0.15, 0.2) is 47.4 Å². The zero-order valence-corrected chi connectivity index (χ0v) is 13.6. The molecule has 118 valence electrons. The minimum Gasteiger partial charge on any atom is -0.493 e. The molecule has 3 aromatic rings. The van der Waals surface area contributed by atoms with E-state index in [-0.39, 0.29) is 10.9 Å². The molecule has 8 heteroatoms. The highest BCUT2D eigenvalue weighted by molar-refractivity contribution is 7.89. The predicted molar refractivity (Wildman–Crippen MR) is 87.0 cm³/mol. The van der Waals surface area contributed by atoms with E-state index in [0.29, 0.717) is 24.1 Å². The van der Waals surface area contributed by atoms with Crippen LogP contribution in [-0.2, 0) is 10.0 Å². The zero-order valence-electron chi connectivity index (χ0n) is 12.0. The lowest BCUT2D eigenvalue weighted by Crippen LogP contribution is -2.32. The molecule has 0 bridgehead atoms. The van der Waals surface area contributed by atoms with Gasteiger partial charge in [0.15, 0.2) is 0 Å². The van der Waals surface area contributed by atoms with Gasteiger partial charge in [-0.05, 0) is 18.2 Å². The number of ether oxygens (including phenoxy) is 1. The van der Waals surface area contributed by atoms with Crippen molar-refractivity contribution in [3.8, 4) is 5.75 Å². The van der Waals surface area contributed by atoms with Crippen molar-refractivity contribution in [1.82, 2.24) is 13.5 Å². The first-order valence-electron chi connectivity index (χ1n) is 7.10. The molecule has 1 aromatic heterocycles. The molecule has 23 heavy (non-hydrogen) atoms. The van der Waals surface area contributed by atoms with Gasteiger partial charge in [-0.1, -0.05) is 24.3 Å². The number of benzene rings is 2. The summed E-state index contributed by atoms with van der Waals surface area (Å²) in [6, 6.07) is 12.1. The molecular formula is C15H13N3O3S2. The number of sulfonamides is 1. The number of aromatic nitrogens is 2. The van der Waals surface area contributed by atoms with Gasteiger partial charge >= 0.3 is 0 Å². The summed E-state index contributed by atoms with van der Waals surface area (Å²) in [5.41, 5.74) is 1.85. The first kappa shape index (κ1) is 14.6. The second-order valence-electron chi connectivity index (χ2n) is 5.24. The van der Waals surface area contributed by atoms with Gasteiger partial charge in [-0.3, -0.25) is 0 Å². The first-order chi connectivity index (χ1) is 11.1. The van der Waals surface area contributed by atoms with Crippen molar-refractivity contribution in [3.05, 3.63) is 48.0 Å². The highest BCUT2D eigenvalue weighted by Gasteiger charge is 2.28. The lowest BCUT2D eigenvalue weighted by atomic mass is 10.0. The van der Waals surface area contributed by atoms with E-state index in [2.05, 4.69) is 13.5 Å². The summed E-state index contributed by atoms with van der Waals surface area (Å²) in [5, 5.41) is 0. The molecule has 0 aliphatic carbocycles. The second-order valence-corrected chi connectivity index (χ2v) is 7.45. The summed E-state index contributed by atoms with van der Waals surface area (Å²) in [4.78, 5) is 0.160. The minimum atomic E-state index is -3.70. The number of para-hydroxylation sites is 1. The van der Waals surface area contributed by atoms with Crippen molar-refractivity contribution in [2.45, 2.75) is 17.4 Å². The van der Waals surface area contributed by atoms with Gasteiger partial charge in [0, 0.05) is 12.0 Å². The van der Waals surface area contributed by atoms with Crippen LogP contribution in [0.1, 0.15) is 18.0 Å². The molecule has 2 heterocycles. The Labute approximate surface area is 137 Å². The largest absolute Gasteiger partial charge is 0.493 e. The van der Waals surface area contributed by atoms with Gasteiger partial charge in [-0.2, -0.15) is 8.75 Å². The lowest BCUT2D eigenvalue weighted by molar-refractivity contribution is 0.263. The second kappa shape index (κ2) is 5.55. The summed E-state index contributed by atoms with van der Waals surface area (Å²) in [7, 11) is -3.70. The van der Waals surface area contributed by atoms with Crippen molar-refractivity contribution in [2.24, 2.45) is 0 Å². The van der Waals surface area contributed by atoms with Crippen molar-refractivity contribution in [1.29, 1.82) is 0 Å². The highest BCUT2D eigenvalue weighted by atomic mass is 32.2. The topological polar surface area (TPSA) is 81.2 Å². The Hall–Kier alpha value is -2.03. The fraction of sp³-hybridized carbons (Fsp3) is 0.200. The first-order valence-corrected chi connectivity index (χ1v) is 9.32. The van der Waals surface area contributed by atoms with Crippen LogP contribution in [0, 0.1) is 0 Å². The third-order valence-electron chi connectivity index (χ3n) is 3.79. The molecule has 0 unspecified atom stereocenters. The molecule has 1 aliphatic heterocycles. The molecule has 0 saturated carbocycles. The highest BCUT2D eigenvalue weighted by Crippen LogP contribution is 2.33. The van der Waals surface area contributed by atoms with Crippen molar-refractivity contribution in [3.63, 3.8) is 0 Å². The number of hydrogen-bond donors (Lipinski definition) is 1. The Kier molecular flexibility index (Phi) is 3.51. The number of fused-ring (bicyclic) bond motifs is 2. The van der Waals surface area contributed by atoms with Crippen LogP contribution < -0.4 is 9.46 Å². The number of hydrogen-bond acceptors (Lipinski definition) is 6. The van der Waals surface area contributed by atoms with Gasteiger partial charge in [0.1, 0.15) is 21.7 Å². The zero-order chi connectivity index (χ0) is 15.9. The molecule has 0 radical (unpaired) electrons. The van der Waals surface area contributed by atoms with Gasteiger partial charge in [-0.15, -0.1) is 0 Å².